The molecule has 4 nitrogen and oxygen atoms in total. The van der Waals surface area contributed by atoms with Crippen LogP contribution in [0.5, 0.6) is 0 Å². The first-order valence-electron chi connectivity index (χ1n) is 5.88. The molecule has 7 heteroatoms. The van der Waals surface area contributed by atoms with Crippen LogP contribution in [0.2, 0.25) is 15.1 Å². The summed E-state index contributed by atoms with van der Waals surface area (Å²) in [5.41, 5.74) is 0.100. The topological polar surface area (TPSA) is 62.2 Å². The average molecular weight is 324 g/mol. The van der Waals surface area contributed by atoms with Gasteiger partial charge in [0, 0.05) is 19.3 Å². The highest BCUT2D eigenvalue weighted by molar-refractivity contribution is 6.48. The summed E-state index contributed by atoms with van der Waals surface area (Å²) in [5, 5.41) is 12.1. The van der Waals surface area contributed by atoms with Gasteiger partial charge in [0.05, 0.1) is 15.1 Å². The lowest BCUT2D eigenvalue weighted by molar-refractivity contribution is 0.0936. The van der Waals surface area contributed by atoms with Gasteiger partial charge in [-0.15, -0.1) is 0 Å². The van der Waals surface area contributed by atoms with E-state index in [1.807, 2.05) is 0 Å². The number of nitrogens with one attached hydrogen (secondary N) is 1. The summed E-state index contributed by atoms with van der Waals surface area (Å²) < 4.78 is 0. The average Bonchev–Trinajstić information content (AvgIpc) is 3.14. The van der Waals surface area contributed by atoms with Crippen LogP contribution < -0.4 is 5.32 Å². The molecule has 1 amide bonds. The number of rotatable bonds is 5. The molecular weight excluding hydrogens is 311 g/mol. The predicted molar refractivity (Wildman–Crippen MR) is 75.0 cm³/mol. The maximum atomic E-state index is 12.0. The number of aliphatic hydroxyl groups excluding tert-OH is 1. The summed E-state index contributed by atoms with van der Waals surface area (Å²) in [6.45, 7) is 0.631. The van der Waals surface area contributed by atoms with Crippen molar-refractivity contribution in [1.29, 1.82) is 0 Å². The standard InChI is InChI=1S/C12H13Cl3N2O2/c13-7-5-16-10(9(15)8(7)14)11(19)17-6-12(1-2-12)3-4-18/h5,18H,1-4,6H2,(H,17,19). The molecule has 1 aliphatic rings. The zero-order chi connectivity index (χ0) is 14.0. The fourth-order valence-electron chi connectivity index (χ4n) is 1.88. The maximum absolute atomic E-state index is 12.0. The summed E-state index contributed by atoms with van der Waals surface area (Å²) in [7, 11) is 0. The number of carbonyl (C=O) groups excluding carboxylic acids is 1. The third-order valence-electron chi connectivity index (χ3n) is 3.36. The number of amides is 1. The summed E-state index contributed by atoms with van der Waals surface area (Å²) in [6.07, 6.45) is 4.01. The van der Waals surface area contributed by atoms with Gasteiger partial charge in [-0.3, -0.25) is 4.79 Å². The Balaban J connectivity index is 2.03. The van der Waals surface area contributed by atoms with Gasteiger partial charge in [0.25, 0.3) is 5.91 Å². The summed E-state index contributed by atoms with van der Waals surface area (Å²) in [5.74, 6) is -0.382. The predicted octanol–water partition coefficient (Wildman–Crippen LogP) is 2.93. The lowest BCUT2D eigenvalue weighted by Crippen LogP contribution is -2.31. The van der Waals surface area contributed by atoms with E-state index in [0.29, 0.717) is 13.0 Å². The van der Waals surface area contributed by atoms with E-state index in [1.165, 1.54) is 6.20 Å². The zero-order valence-electron chi connectivity index (χ0n) is 10.0. The van der Waals surface area contributed by atoms with E-state index in [1.54, 1.807) is 0 Å². The highest BCUT2D eigenvalue weighted by atomic mass is 35.5. The fourth-order valence-corrected chi connectivity index (χ4v) is 2.45. The molecule has 1 saturated carbocycles. The van der Waals surface area contributed by atoms with Crippen LogP contribution in [-0.2, 0) is 0 Å². The normalized spacial score (nSPS) is 16.2. The monoisotopic (exact) mass is 322 g/mol. The molecule has 0 spiro atoms. The zero-order valence-corrected chi connectivity index (χ0v) is 12.3. The minimum atomic E-state index is -0.382. The lowest BCUT2D eigenvalue weighted by Gasteiger charge is -2.14. The third-order valence-corrected chi connectivity index (χ3v) is 4.60. The first-order valence-corrected chi connectivity index (χ1v) is 7.01. The molecule has 1 aromatic rings. The molecule has 104 valence electrons. The molecule has 19 heavy (non-hydrogen) atoms. The smallest absolute Gasteiger partial charge is 0.271 e. The Morgan fingerprint density at radius 1 is 1.37 bits per heavy atom. The van der Waals surface area contributed by atoms with Crippen LogP contribution >= 0.6 is 34.8 Å². The number of pyridine rings is 1. The number of hydrogen-bond donors (Lipinski definition) is 2. The summed E-state index contributed by atoms with van der Waals surface area (Å²) in [6, 6.07) is 0. The number of halogens is 3. The van der Waals surface area contributed by atoms with E-state index >= 15 is 0 Å². The Kier molecular flexibility index (Phi) is 4.56. The first kappa shape index (κ1) is 14.9. The second-order valence-corrected chi connectivity index (χ2v) is 5.90. The lowest BCUT2D eigenvalue weighted by atomic mass is 10.0. The number of aromatic nitrogens is 1. The number of aliphatic hydroxyl groups is 1. The van der Waals surface area contributed by atoms with Crippen LogP contribution in [0.4, 0.5) is 0 Å². The van der Waals surface area contributed by atoms with Gasteiger partial charge >= 0.3 is 0 Å². The van der Waals surface area contributed by atoms with Crippen molar-refractivity contribution in [2.24, 2.45) is 5.41 Å². The van der Waals surface area contributed by atoms with E-state index in [-0.39, 0.29) is 38.7 Å². The van der Waals surface area contributed by atoms with Crippen molar-refractivity contribution in [3.05, 3.63) is 27.0 Å². The van der Waals surface area contributed by atoms with Gasteiger partial charge in [0.2, 0.25) is 0 Å². The van der Waals surface area contributed by atoms with E-state index in [9.17, 15) is 4.79 Å². The molecule has 0 saturated heterocycles. The quantitative estimate of drug-likeness (QED) is 0.876. The van der Waals surface area contributed by atoms with Gasteiger partial charge < -0.3 is 10.4 Å². The molecule has 2 rings (SSSR count). The first-order chi connectivity index (χ1) is 8.99. The summed E-state index contributed by atoms with van der Waals surface area (Å²) >= 11 is 17.6. The molecular formula is C12H13Cl3N2O2. The molecule has 0 bridgehead atoms. The Morgan fingerprint density at radius 3 is 2.63 bits per heavy atom. The molecule has 0 radical (unpaired) electrons. The second-order valence-electron chi connectivity index (χ2n) is 4.74. The Hall–Kier alpha value is -0.550. The Bertz CT molecular complexity index is 504. The van der Waals surface area contributed by atoms with Gasteiger partial charge in [-0.2, -0.15) is 0 Å². The molecule has 0 atom stereocenters. The van der Waals surface area contributed by atoms with Crippen LogP contribution in [0.3, 0.4) is 0 Å². The van der Waals surface area contributed by atoms with Crippen molar-refractivity contribution in [3.63, 3.8) is 0 Å². The molecule has 1 fully saturated rings. The third kappa shape index (κ3) is 3.31. The molecule has 1 heterocycles. The largest absolute Gasteiger partial charge is 0.396 e. The summed E-state index contributed by atoms with van der Waals surface area (Å²) in [4.78, 5) is 15.9. The number of nitrogens with zero attached hydrogens (tertiary/aromatic N) is 1. The van der Waals surface area contributed by atoms with E-state index in [4.69, 9.17) is 39.9 Å². The van der Waals surface area contributed by atoms with Gasteiger partial charge in [-0.05, 0) is 24.7 Å². The molecule has 0 unspecified atom stereocenters. The SMILES string of the molecule is O=C(NCC1(CCO)CC1)c1ncc(Cl)c(Cl)c1Cl. The number of hydrogen-bond acceptors (Lipinski definition) is 3. The van der Waals surface area contributed by atoms with Gasteiger partial charge in [-0.1, -0.05) is 34.8 Å². The van der Waals surface area contributed by atoms with Crippen LogP contribution in [0.15, 0.2) is 6.20 Å². The Labute approximate surface area is 126 Å². The highest BCUT2D eigenvalue weighted by Gasteiger charge is 2.42. The second kappa shape index (κ2) is 5.83. The van der Waals surface area contributed by atoms with Crippen molar-refractivity contribution in [2.75, 3.05) is 13.2 Å². The maximum Gasteiger partial charge on any atom is 0.271 e. The van der Waals surface area contributed by atoms with Crippen molar-refractivity contribution < 1.29 is 9.90 Å². The van der Waals surface area contributed by atoms with Gasteiger partial charge in [-0.25, -0.2) is 4.98 Å². The molecule has 1 aromatic heterocycles. The fraction of sp³-hybridized carbons (Fsp3) is 0.500. The van der Waals surface area contributed by atoms with Crippen LogP contribution in [0.1, 0.15) is 29.8 Å². The van der Waals surface area contributed by atoms with Gasteiger partial charge in [0.15, 0.2) is 0 Å². The van der Waals surface area contributed by atoms with Crippen molar-refractivity contribution >= 4 is 40.7 Å². The van der Waals surface area contributed by atoms with E-state index in [0.717, 1.165) is 12.8 Å². The Morgan fingerprint density at radius 2 is 2.05 bits per heavy atom. The van der Waals surface area contributed by atoms with Gasteiger partial charge in [0.1, 0.15) is 5.69 Å². The minimum Gasteiger partial charge on any atom is -0.396 e. The van der Waals surface area contributed by atoms with Crippen molar-refractivity contribution in [1.82, 2.24) is 10.3 Å². The molecule has 0 aliphatic heterocycles. The van der Waals surface area contributed by atoms with Crippen LogP contribution in [0.25, 0.3) is 0 Å². The molecule has 0 aromatic carbocycles. The van der Waals surface area contributed by atoms with Crippen LogP contribution in [-0.4, -0.2) is 29.1 Å². The molecule has 1 aliphatic carbocycles. The highest BCUT2D eigenvalue weighted by Crippen LogP contribution is 2.47. The van der Waals surface area contributed by atoms with Crippen molar-refractivity contribution in [2.45, 2.75) is 19.3 Å². The van der Waals surface area contributed by atoms with E-state index in [2.05, 4.69) is 10.3 Å². The minimum absolute atomic E-state index is 0.0348. The number of carbonyl (C=O) groups is 1. The molecule has 2 N–H and O–H groups in total. The van der Waals surface area contributed by atoms with Crippen molar-refractivity contribution in [3.8, 4) is 0 Å². The van der Waals surface area contributed by atoms with Crippen LogP contribution in [0, 0.1) is 5.41 Å². The van der Waals surface area contributed by atoms with E-state index < -0.39 is 0 Å².